The predicted molar refractivity (Wildman–Crippen MR) is 111 cm³/mol. The lowest BCUT2D eigenvalue weighted by atomic mass is 9.95. The van der Waals surface area contributed by atoms with E-state index in [1.165, 1.54) is 6.07 Å². The van der Waals surface area contributed by atoms with E-state index >= 15 is 0 Å². The molecule has 0 saturated heterocycles. The molecule has 0 aliphatic carbocycles. The summed E-state index contributed by atoms with van der Waals surface area (Å²) in [6, 6.07) is 23.9. The van der Waals surface area contributed by atoms with Crippen molar-refractivity contribution < 1.29 is 22.3 Å². The van der Waals surface area contributed by atoms with E-state index < -0.39 is 17.9 Å². The zero-order valence-electron chi connectivity index (χ0n) is 16.1. The quantitative estimate of drug-likeness (QED) is 0.312. The van der Waals surface area contributed by atoms with Crippen LogP contribution in [0.2, 0.25) is 0 Å². The Labute approximate surface area is 171 Å². The normalized spacial score (nSPS) is 11.6. The molecule has 0 heterocycles. The molecule has 0 amide bonds. The van der Waals surface area contributed by atoms with Crippen molar-refractivity contribution in [1.82, 2.24) is 0 Å². The van der Waals surface area contributed by atoms with Crippen LogP contribution in [0.15, 0.2) is 78.9 Å². The zero-order valence-corrected chi connectivity index (χ0v) is 16.1. The van der Waals surface area contributed by atoms with Gasteiger partial charge in [-0.15, -0.1) is 13.2 Å². The molecule has 0 atom stereocenters. The van der Waals surface area contributed by atoms with Gasteiger partial charge in [-0.25, -0.2) is 4.39 Å². The summed E-state index contributed by atoms with van der Waals surface area (Å²) in [5.41, 5.74) is 4.54. The Morgan fingerprint density at radius 1 is 0.700 bits per heavy atom. The van der Waals surface area contributed by atoms with Crippen molar-refractivity contribution in [2.24, 2.45) is 0 Å². The van der Waals surface area contributed by atoms with E-state index in [1.807, 2.05) is 61.5 Å². The number of ether oxygens (including phenoxy) is 1. The zero-order chi connectivity index (χ0) is 21.3. The van der Waals surface area contributed by atoms with Crippen molar-refractivity contribution in [3.8, 4) is 28.0 Å². The third kappa shape index (κ3) is 4.01. The summed E-state index contributed by atoms with van der Waals surface area (Å²) in [6.45, 7) is 1.83. The monoisotopic (exact) mass is 410 g/mol. The number of alkyl halides is 3. The second-order valence-corrected chi connectivity index (χ2v) is 6.95. The maximum atomic E-state index is 14.3. The molecule has 4 rings (SSSR count). The second kappa shape index (κ2) is 7.82. The Balaban J connectivity index is 1.78. The highest BCUT2D eigenvalue weighted by Crippen LogP contribution is 2.38. The maximum Gasteiger partial charge on any atom is 0.573 e. The Bertz CT molecular complexity index is 1180. The Morgan fingerprint density at radius 3 is 1.87 bits per heavy atom. The van der Waals surface area contributed by atoms with Gasteiger partial charge in [-0.1, -0.05) is 67.6 Å². The molecule has 5 heteroatoms. The fraction of sp³-hybridized carbons (Fsp3) is 0.120. The number of benzene rings is 4. The van der Waals surface area contributed by atoms with E-state index in [9.17, 15) is 17.6 Å². The summed E-state index contributed by atoms with van der Waals surface area (Å²) in [6.07, 6.45) is -4.48. The van der Waals surface area contributed by atoms with E-state index in [0.29, 0.717) is 17.4 Å². The van der Waals surface area contributed by atoms with Gasteiger partial charge >= 0.3 is 6.36 Å². The predicted octanol–water partition coefficient (Wildman–Crippen LogP) is 7.77. The van der Waals surface area contributed by atoms with Crippen molar-refractivity contribution in [3.05, 3.63) is 90.2 Å². The smallest absolute Gasteiger partial charge is 0.402 e. The molecule has 1 nitrogen and oxygen atoms in total. The standard InChI is InChI=1S/C25H18F4O/c1-2-16-15-23(26)24(30-25(27,28)29)21-13-12-20(14-22(16)21)19-10-8-18(9-11-19)17-6-4-3-5-7-17/h3-15H,2H2,1H3. The first-order chi connectivity index (χ1) is 14.4. The molecule has 4 aromatic carbocycles. The molecule has 0 fully saturated rings. The number of hydrogen-bond acceptors (Lipinski definition) is 1. The van der Waals surface area contributed by atoms with E-state index in [4.69, 9.17) is 0 Å². The van der Waals surface area contributed by atoms with Crippen LogP contribution in [-0.4, -0.2) is 6.36 Å². The highest BCUT2D eigenvalue weighted by atomic mass is 19.4. The average Bonchev–Trinajstić information content (AvgIpc) is 2.75. The van der Waals surface area contributed by atoms with Crippen LogP contribution in [0.1, 0.15) is 12.5 Å². The van der Waals surface area contributed by atoms with Gasteiger partial charge in [0.15, 0.2) is 11.6 Å². The van der Waals surface area contributed by atoms with Crippen LogP contribution in [0.5, 0.6) is 5.75 Å². The lowest BCUT2D eigenvalue weighted by Gasteiger charge is -2.15. The largest absolute Gasteiger partial charge is 0.573 e. The van der Waals surface area contributed by atoms with Gasteiger partial charge in [0.2, 0.25) is 0 Å². The molecule has 0 unspecified atom stereocenters. The van der Waals surface area contributed by atoms with Crippen LogP contribution < -0.4 is 4.74 Å². The SMILES string of the molecule is CCc1cc(F)c(OC(F)(F)F)c2ccc(-c3ccc(-c4ccccc4)cc3)cc12. The van der Waals surface area contributed by atoms with Crippen LogP contribution >= 0.6 is 0 Å². The molecular formula is C25H18F4O. The molecule has 0 aliphatic rings. The average molecular weight is 410 g/mol. The number of halogens is 4. The van der Waals surface area contributed by atoms with Crippen molar-refractivity contribution >= 4 is 10.8 Å². The summed E-state index contributed by atoms with van der Waals surface area (Å²) < 4.78 is 56.6. The van der Waals surface area contributed by atoms with Crippen LogP contribution in [-0.2, 0) is 6.42 Å². The second-order valence-electron chi connectivity index (χ2n) is 6.95. The van der Waals surface area contributed by atoms with Crippen molar-refractivity contribution in [2.75, 3.05) is 0 Å². The van der Waals surface area contributed by atoms with E-state index in [2.05, 4.69) is 4.74 Å². The molecule has 0 saturated carbocycles. The Kier molecular flexibility index (Phi) is 5.20. The van der Waals surface area contributed by atoms with Gasteiger partial charge in [0.25, 0.3) is 0 Å². The van der Waals surface area contributed by atoms with Gasteiger partial charge in [-0.3, -0.25) is 0 Å². The van der Waals surface area contributed by atoms with Crippen LogP contribution in [0.3, 0.4) is 0 Å². The maximum absolute atomic E-state index is 14.3. The number of fused-ring (bicyclic) bond motifs is 1. The minimum atomic E-state index is -4.96. The molecule has 0 bridgehead atoms. The van der Waals surface area contributed by atoms with E-state index in [0.717, 1.165) is 28.3 Å². The molecule has 4 aromatic rings. The first-order valence-corrected chi connectivity index (χ1v) is 9.52. The number of rotatable bonds is 4. The summed E-state index contributed by atoms with van der Waals surface area (Å²) in [4.78, 5) is 0. The molecular weight excluding hydrogens is 392 g/mol. The van der Waals surface area contributed by atoms with Crippen LogP contribution in [0, 0.1) is 5.82 Å². The van der Waals surface area contributed by atoms with Gasteiger partial charge in [-0.05, 0) is 57.8 Å². The van der Waals surface area contributed by atoms with Gasteiger partial charge in [0, 0.05) is 5.39 Å². The lowest BCUT2D eigenvalue weighted by molar-refractivity contribution is -0.275. The highest BCUT2D eigenvalue weighted by Gasteiger charge is 2.33. The van der Waals surface area contributed by atoms with Crippen molar-refractivity contribution in [2.45, 2.75) is 19.7 Å². The fourth-order valence-electron chi connectivity index (χ4n) is 3.61. The molecule has 0 aromatic heterocycles. The first kappa shape index (κ1) is 20.0. The van der Waals surface area contributed by atoms with Gasteiger partial charge in [0.05, 0.1) is 0 Å². The van der Waals surface area contributed by atoms with Crippen molar-refractivity contribution in [3.63, 3.8) is 0 Å². The number of hydrogen-bond donors (Lipinski definition) is 0. The summed E-state index contributed by atoms with van der Waals surface area (Å²) in [7, 11) is 0. The van der Waals surface area contributed by atoms with Gasteiger partial charge in [0.1, 0.15) is 0 Å². The highest BCUT2D eigenvalue weighted by molar-refractivity contribution is 5.94. The molecule has 30 heavy (non-hydrogen) atoms. The third-order valence-electron chi connectivity index (χ3n) is 5.05. The minimum absolute atomic E-state index is 0.105. The molecule has 152 valence electrons. The minimum Gasteiger partial charge on any atom is -0.402 e. The molecule has 0 spiro atoms. The summed E-state index contributed by atoms with van der Waals surface area (Å²) >= 11 is 0. The Hall–Kier alpha value is -3.34. The number of aryl methyl sites for hydroxylation is 1. The molecule has 0 aliphatic heterocycles. The van der Waals surface area contributed by atoms with E-state index in [-0.39, 0.29) is 5.39 Å². The summed E-state index contributed by atoms with van der Waals surface area (Å²) in [5.74, 6) is -1.81. The Morgan fingerprint density at radius 2 is 1.27 bits per heavy atom. The van der Waals surface area contributed by atoms with Gasteiger partial charge in [-0.2, -0.15) is 0 Å². The van der Waals surface area contributed by atoms with Crippen molar-refractivity contribution in [1.29, 1.82) is 0 Å². The van der Waals surface area contributed by atoms with E-state index in [1.54, 1.807) is 12.1 Å². The topological polar surface area (TPSA) is 9.23 Å². The summed E-state index contributed by atoms with van der Waals surface area (Å²) in [5, 5.41) is 0.650. The lowest BCUT2D eigenvalue weighted by Crippen LogP contribution is -2.18. The first-order valence-electron chi connectivity index (χ1n) is 9.52. The molecule has 0 radical (unpaired) electrons. The fourth-order valence-corrected chi connectivity index (χ4v) is 3.61. The molecule has 0 N–H and O–H groups in total. The van der Waals surface area contributed by atoms with Crippen LogP contribution in [0.25, 0.3) is 33.0 Å². The van der Waals surface area contributed by atoms with Crippen LogP contribution in [0.4, 0.5) is 17.6 Å². The van der Waals surface area contributed by atoms with Gasteiger partial charge < -0.3 is 4.74 Å². The third-order valence-corrected chi connectivity index (χ3v) is 5.05.